The number of rotatable bonds is 59. The number of unbranched alkanes of at least 4 members (excludes halogenated alkanes) is 46. The van der Waals surface area contributed by atoms with Gasteiger partial charge in [-0.05, 0) is 51.4 Å². The molecular weight excluding hydrogens is 851 g/mol. The van der Waals surface area contributed by atoms with Crippen LogP contribution in [0.1, 0.15) is 354 Å². The standard InChI is InChI=1S/C63H123NO5/c1-3-5-7-9-11-13-15-17-19-20-21-22-23-24-25-28-31-35-39-43-47-51-55-61(66)60(59-65)64-62(67)56-52-48-44-40-36-32-29-26-27-30-34-38-42-46-50-54-58-69-63(68)57-53-49-45-41-37-33-18-16-14-12-10-8-6-4-2/h26,29,60-61,65-66H,3-25,27-28,30-59H2,1-2H3,(H,64,67)/b29-26-. The van der Waals surface area contributed by atoms with Crippen LogP contribution in [0.25, 0.3) is 0 Å². The average Bonchev–Trinajstić information content (AvgIpc) is 3.35. The highest BCUT2D eigenvalue weighted by molar-refractivity contribution is 5.76. The van der Waals surface area contributed by atoms with Gasteiger partial charge in [-0.1, -0.05) is 302 Å². The van der Waals surface area contributed by atoms with Gasteiger partial charge in [-0.2, -0.15) is 0 Å². The van der Waals surface area contributed by atoms with Crippen molar-refractivity contribution < 1.29 is 24.5 Å². The quantitative estimate of drug-likeness (QED) is 0.0321. The predicted molar refractivity (Wildman–Crippen MR) is 301 cm³/mol. The number of aliphatic hydroxyl groups excluding tert-OH is 2. The Morgan fingerprint density at radius 1 is 0.391 bits per heavy atom. The van der Waals surface area contributed by atoms with Gasteiger partial charge in [-0.3, -0.25) is 9.59 Å². The Hall–Kier alpha value is -1.40. The van der Waals surface area contributed by atoms with Gasteiger partial charge in [-0.15, -0.1) is 0 Å². The SMILES string of the molecule is CCCCCCCCCCCCCCCCCCCCCCCCC(O)C(CO)NC(=O)CCCCCCC/C=C\CCCCCCCCCOC(=O)CCCCCCCCCCCCCCCC. The van der Waals surface area contributed by atoms with Crippen LogP contribution in [0.3, 0.4) is 0 Å². The molecule has 0 aromatic heterocycles. The van der Waals surface area contributed by atoms with E-state index < -0.39 is 12.1 Å². The van der Waals surface area contributed by atoms with Crippen LogP contribution in [0, 0.1) is 0 Å². The summed E-state index contributed by atoms with van der Waals surface area (Å²) in [6, 6.07) is -0.554. The molecule has 0 bridgehead atoms. The molecule has 0 aliphatic rings. The molecule has 0 rings (SSSR count). The Labute approximate surface area is 431 Å². The molecule has 6 heteroatoms. The lowest BCUT2D eigenvalue weighted by atomic mass is 10.0. The van der Waals surface area contributed by atoms with E-state index in [4.69, 9.17) is 4.74 Å². The topological polar surface area (TPSA) is 95.9 Å². The van der Waals surface area contributed by atoms with Crippen LogP contribution in [-0.4, -0.2) is 47.4 Å². The molecule has 0 spiro atoms. The zero-order chi connectivity index (χ0) is 50.0. The van der Waals surface area contributed by atoms with Crippen LogP contribution in [-0.2, 0) is 14.3 Å². The van der Waals surface area contributed by atoms with E-state index in [2.05, 4.69) is 31.3 Å². The van der Waals surface area contributed by atoms with Gasteiger partial charge >= 0.3 is 5.97 Å². The maximum absolute atomic E-state index is 12.5. The fourth-order valence-electron chi connectivity index (χ4n) is 9.99. The molecule has 0 saturated heterocycles. The smallest absolute Gasteiger partial charge is 0.305 e. The highest BCUT2D eigenvalue weighted by Gasteiger charge is 2.20. The summed E-state index contributed by atoms with van der Waals surface area (Å²) in [6.45, 7) is 4.96. The van der Waals surface area contributed by atoms with E-state index in [1.165, 1.54) is 257 Å². The molecule has 0 saturated carbocycles. The molecule has 0 aromatic rings. The van der Waals surface area contributed by atoms with Gasteiger partial charge in [0.1, 0.15) is 0 Å². The largest absolute Gasteiger partial charge is 0.466 e. The molecule has 0 fully saturated rings. The Kier molecular flexibility index (Phi) is 58.0. The molecule has 1 amide bonds. The van der Waals surface area contributed by atoms with Crippen LogP contribution in [0.4, 0.5) is 0 Å². The maximum atomic E-state index is 12.5. The van der Waals surface area contributed by atoms with Crippen molar-refractivity contribution >= 4 is 11.9 Å². The molecule has 0 aromatic carbocycles. The second-order valence-corrected chi connectivity index (χ2v) is 21.7. The first-order valence-corrected chi connectivity index (χ1v) is 31.4. The van der Waals surface area contributed by atoms with Crippen LogP contribution in [0.5, 0.6) is 0 Å². The Morgan fingerprint density at radius 2 is 0.681 bits per heavy atom. The van der Waals surface area contributed by atoms with Gasteiger partial charge < -0.3 is 20.3 Å². The first-order chi connectivity index (χ1) is 34.0. The van der Waals surface area contributed by atoms with Gasteiger partial charge in [0.25, 0.3) is 0 Å². The zero-order valence-electron chi connectivity index (χ0n) is 46.8. The number of ether oxygens (including phenoxy) is 1. The summed E-state index contributed by atoms with van der Waals surface area (Å²) in [4.78, 5) is 24.6. The Balaban J connectivity index is 3.45. The number of hydrogen-bond donors (Lipinski definition) is 3. The first kappa shape index (κ1) is 67.6. The summed E-state index contributed by atoms with van der Waals surface area (Å²) < 4.78 is 5.47. The molecule has 410 valence electrons. The summed E-state index contributed by atoms with van der Waals surface area (Å²) in [5.74, 6) is -0.0473. The molecule has 0 aliphatic heterocycles. The normalized spacial score (nSPS) is 12.6. The summed E-state index contributed by atoms with van der Waals surface area (Å²) in [5.41, 5.74) is 0. The minimum Gasteiger partial charge on any atom is -0.466 e. The molecule has 0 heterocycles. The monoisotopic (exact) mass is 974 g/mol. The van der Waals surface area contributed by atoms with E-state index in [1.54, 1.807) is 0 Å². The third kappa shape index (κ3) is 55.8. The lowest BCUT2D eigenvalue weighted by Crippen LogP contribution is -2.45. The number of amides is 1. The number of nitrogens with one attached hydrogen (secondary N) is 1. The van der Waals surface area contributed by atoms with Crippen molar-refractivity contribution in [3.8, 4) is 0 Å². The molecule has 0 aliphatic carbocycles. The maximum Gasteiger partial charge on any atom is 0.305 e. The van der Waals surface area contributed by atoms with Crippen molar-refractivity contribution in [3.63, 3.8) is 0 Å². The number of carbonyl (C=O) groups excluding carboxylic acids is 2. The summed E-state index contributed by atoms with van der Waals surface area (Å²) in [7, 11) is 0. The molecule has 3 N–H and O–H groups in total. The second-order valence-electron chi connectivity index (χ2n) is 21.7. The summed E-state index contributed by atoms with van der Waals surface area (Å²) in [5, 5.41) is 23.4. The van der Waals surface area contributed by atoms with Gasteiger partial charge in [0.2, 0.25) is 5.91 Å². The van der Waals surface area contributed by atoms with Crippen molar-refractivity contribution in [1.82, 2.24) is 5.32 Å². The minimum atomic E-state index is -0.675. The van der Waals surface area contributed by atoms with Crippen LogP contribution in [0.15, 0.2) is 12.2 Å². The van der Waals surface area contributed by atoms with Crippen LogP contribution in [0.2, 0.25) is 0 Å². The molecule has 69 heavy (non-hydrogen) atoms. The van der Waals surface area contributed by atoms with Crippen LogP contribution >= 0.6 is 0 Å². The molecule has 2 unspecified atom stereocenters. The van der Waals surface area contributed by atoms with Crippen molar-refractivity contribution in [2.45, 2.75) is 366 Å². The summed E-state index contributed by atoms with van der Waals surface area (Å²) in [6.07, 6.45) is 70.7. The molecule has 0 radical (unpaired) electrons. The van der Waals surface area contributed by atoms with E-state index in [1.807, 2.05) is 0 Å². The number of allylic oxidation sites excluding steroid dienone is 2. The highest BCUT2D eigenvalue weighted by Crippen LogP contribution is 2.18. The van der Waals surface area contributed by atoms with Gasteiger partial charge in [-0.25, -0.2) is 0 Å². The van der Waals surface area contributed by atoms with Crippen molar-refractivity contribution in [2.75, 3.05) is 13.2 Å². The van der Waals surface area contributed by atoms with Crippen molar-refractivity contribution in [3.05, 3.63) is 12.2 Å². The molecule has 6 nitrogen and oxygen atoms in total. The highest BCUT2D eigenvalue weighted by atomic mass is 16.5. The second kappa shape index (κ2) is 59.2. The lowest BCUT2D eigenvalue weighted by Gasteiger charge is -2.22. The predicted octanol–water partition coefficient (Wildman–Crippen LogP) is 19.6. The fraction of sp³-hybridized carbons (Fsp3) is 0.937. The zero-order valence-corrected chi connectivity index (χ0v) is 46.8. The van der Waals surface area contributed by atoms with E-state index in [0.29, 0.717) is 25.9 Å². The van der Waals surface area contributed by atoms with Crippen LogP contribution < -0.4 is 5.32 Å². The van der Waals surface area contributed by atoms with E-state index in [0.717, 1.165) is 64.2 Å². The number of esters is 1. The Bertz CT molecular complexity index is 1030. The van der Waals surface area contributed by atoms with Gasteiger partial charge in [0.15, 0.2) is 0 Å². The number of aliphatic hydroxyl groups is 2. The minimum absolute atomic E-state index is 0.000540. The van der Waals surface area contributed by atoms with Crippen molar-refractivity contribution in [1.29, 1.82) is 0 Å². The van der Waals surface area contributed by atoms with E-state index in [9.17, 15) is 19.8 Å². The van der Waals surface area contributed by atoms with Crippen molar-refractivity contribution in [2.24, 2.45) is 0 Å². The average molecular weight is 975 g/mol. The van der Waals surface area contributed by atoms with E-state index in [-0.39, 0.29) is 18.5 Å². The fourth-order valence-corrected chi connectivity index (χ4v) is 9.99. The van der Waals surface area contributed by atoms with Gasteiger partial charge in [0, 0.05) is 12.8 Å². The first-order valence-electron chi connectivity index (χ1n) is 31.4. The summed E-state index contributed by atoms with van der Waals surface area (Å²) >= 11 is 0. The number of hydrogen-bond acceptors (Lipinski definition) is 5. The molecular formula is C63H123NO5. The lowest BCUT2D eigenvalue weighted by molar-refractivity contribution is -0.143. The molecule has 2 atom stereocenters. The third-order valence-corrected chi connectivity index (χ3v) is 14.8. The third-order valence-electron chi connectivity index (χ3n) is 14.8. The Morgan fingerprint density at radius 3 is 1.03 bits per heavy atom. The van der Waals surface area contributed by atoms with E-state index >= 15 is 0 Å². The van der Waals surface area contributed by atoms with Gasteiger partial charge in [0.05, 0.1) is 25.4 Å². The number of carbonyl (C=O) groups is 2.